The van der Waals surface area contributed by atoms with Gasteiger partial charge in [-0.25, -0.2) is 0 Å². The van der Waals surface area contributed by atoms with Crippen LogP contribution in [0.15, 0.2) is 0 Å². The number of hydrogen-bond donors (Lipinski definition) is 19. The fourth-order valence-electron chi connectivity index (χ4n) is 14.6. The van der Waals surface area contributed by atoms with Gasteiger partial charge in [0.05, 0.1) is 45.7 Å². The third-order valence-corrected chi connectivity index (χ3v) is 18.7. The molecule has 0 radical (unpaired) electrons. The fraction of sp³-hybridized carbons (Fsp3) is 0.981. The molecule has 0 aromatic carbocycles. The van der Waals surface area contributed by atoms with Gasteiger partial charge in [-0.1, -0.05) is 6.42 Å². The van der Waals surface area contributed by atoms with Gasteiger partial charge < -0.3 is 154 Å². The van der Waals surface area contributed by atoms with E-state index in [1.54, 1.807) is 0 Å². The van der Waals surface area contributed by atoms with Gasteiger partial charge in [0.15, 0.2) is 37.7 Å². The highest BCUT2D eigenvalue weighted by molar-refractivity contribution is 5.76. The van der Waals surface area contributed by atoms with Crippen molar-refractivity contribution in [2.75, 3.05) is 46.2 Å². The van der Waals surface area contributed by atoms with Crippen LogP contribution >= 0.6 is 0 Å². The number of carbonyl (C=O) groups excluding carboxylic acids is 1. The molecule has 19 N–H and O–H groups in total. The number of carbonyl (C=O) groups is 1. The van der Waals surface area contributed by atoms with Crippen LogP contribution in [0.3, 0.4) is 0 Å². The molecule has 4 saturated carbocycles. The van der Waals surface area contributed by atoms with E-state index in [2.05, 4.69) is 10.6 Å². The average molecular weight is 1220 g/mol. The van der Waals surface area contributed by atoms with Gasteiger partial charge in [0.25, 0.3) is 0 Å². The Balaban J connectivity index is 0.901. The van der Waals surface area contributed by atoms with E-state index in [1.807, 2.05) is 0 Å². The van der Waals surface area contributed by atoms with Crippen LogP contribution in [0.4, 0.5) is 0 Å². The zero-order chi connectivity index (χ0) is 60.1. The van der Waals surface area contributed by atoms with Gasteiger partial charge in [0.1, 0.15) is 140 Å². The Hall–Kier alpha value is -1.73. The Morgan fingerprint density at radius 1 is 0.345 bits per heavy atom. The fourth-order valence-corrected chi connectivity index (χ4v) is 14.6. The summed E-state index contributed by atoms with van der Waals surface area (Å²) in [4.78, 5) is 13.9. The number of hydrogen-bond acceptors (Lipinski definition) is 31. The van der Waals surface area contributed by atoms with Crippen LogP contribution < -0.4 is 10.6 Å². The molecule has 484 valence electrons. The molecule has 22 aliphatic heterocycles. The lowest BCUT2D eigenvalue weighted by Crippen LogP contribution is -2.70. The van der Waals surface area contributed by atoms with E-state index in [0.29, 0.717) is 12.8 Å². The summed E-state index contributed by atoms with van der Waals surface area (Å²) in [6, 6.07) is -1.67. The minimum Gasteiger partial charge on any atom is -0.394 e. The lowest BCUT2D eigenvalue weighted by molar-refractivity contribution is -0.401. The molecule has 84 heavy (non-hydrogen) atoms. The van der Waals surface area contributed by atoms with E-state index in [1.165, 1.54) is 38.5 Å². The number of aliphatic hydroxyl groups excluding tert-OH is 17. The first kappa shape index (κ1) is 65.2. The molecule has 0 aromatic rings. The first-order valence-corrected chi connectivity index (χ1v) is 29.3. The topological polar surface area (TPSA) is 496 Å². The second kappa shape index (κ2) is 27.8. The van der Waals surface area contributed by atoms with Crippen molar-refractivity contribution in [1.29, 1.82) is 0 Å². The number of aliphatic hydroxyl groups is 17. The maximum absolute atomic E-state index is 13.9. The molecule has 32 heteroatoms. The summed E-state index contributed by atoms with van der Waals surface area (Å²) in [5.41, 5.74) is 0.152. The van der Waals surface area contributed by atoms with Gasteiger partial charge >= 0.3 is 0 Å². The van der Waals surface area contributed by atoms with E-state index < -0.39 is 230 Å². The highest BCUT2D eigenvalue weighted by atomic mass is 16.8. The SMILES string of the molecule is O=C(CCCCCNC12CC3CC(CC(C3)C1)C2)N[C@@H]1[C@@H](O)[C@H]2O[C@H]3[C@H](O)[C@@H](O)[C@@H](O[C@H]4[C@H](O)[C@@H](O)[C@@H](O[C@H]5[C@H](O)[C@@H](O)[C@@H](O[C@H]6[C@H](O)[C@@H](O)[C@@H](O[C@H]7[C@H](O)[C@@H](O)[C@@H](O[C@@H]1[C@@H](CO)O2)O[C@@H]7CO)O[C@@H]6CO)O[C@@H]5CO)O[C@@H]4CO)O[C@@H]3CO. The zero-order valence-electron chi connectivity index (χ0n) is 46.0. The summed E-state index contributed by atoms with van der Waals surface area (Å²) in [7, 11) is 0. The van der Waals surface area contributed by atoms with Gasteiger partial charge in [0, 0.05) is 12.0 Å². The minimum absolute atomic E-state index is 0.0772. The van der Waals surface area contributed by atoms with Crippen LogP contribution in [0.1, 0.15) is 64.2 Å². The van der Waals surface area contributed by atoms with Crippen LogP contribution in [0.25, 0.3) is 0 Å². The van der Waals surface area contributed by atoms with Crippen LogP contribution in [0.2, 0.25) is 0 Å². The molecule has 16 bridgehead atoms. The molecule has 22 saturated heterocycles. The van der Waals surface area contributed by atoms with Crippen molar-refractivity contribution < 1.29 is 148 Å². The van der Waals surface area contributed by atoms with Crippen molar-refractivity contribution >= 4 is 5.91 Å². The van der Waals surface area contributed by atoms with Gasteiger partial charge in [-0.2, -0.15) is 0 Å². The van der Waals surface area contributed by atoms with Gasteiger partial charge in [0.2, 0.25) is 5.91 Å². The third-order valence-electron chi connectivity index (χ3n) is 18.7. The van der Waals surface area contributed by atoms with Crippen molar-refractivity contribution in [3.05, 3.63) is 0 Å². The molecule has 0 spiro atoms. The third kappa shape index (κ3) is 13.2. The molecule has 0 unspecified atom stereocenters. The molecule has 30 atom stereocenters. The minimum atomic E-state index is -2.17. The first-order valence-electron chi connectivity index (χ1n) is 29.3. The maximum atomic E-state index is 13.9. The Morgan fingerprint density at radius 2 is 0.619 bits per heavy atom. The standard InChI is InChI=1S/C52H86N2O30/c55-12-21-40-28(54-27(61)4-2-1-3-5-53-52-9-18-6-19(10-52)8-20(7-18)11-52)29(62)46(73-21)80-41-22(13-56)75-48(36(69)31(41)64)82-43-24(15-58)77-50(38(71)33(43)66)84-45-26(17-60)78-51(39(72)34(45)67)83-44-25(16-59)76-49(37(70)32(44)65)81-42-23(14-57)74-47(79-40)35(68)30(42)63/h18-26,28-51,53,55-60,62-72H,1-17H2,(H,54,61)/t18?,19?,20?,21-,22-,23-,24-,25-,26-,28-,29-,30-,31-,32-,33-,34-,35-,36-,37-,38-,39-,40-,41-,42-,43-,44-,45-,46-,47-,48-,49-,50-,51-,52?/m1/s1. The second-order valence-electron chi connectivity index (χ2n) is 24.4. The predicted octanol–water partition coefficient (Wildman–Crippen LogP) is -9.81. The number of amides is 1. The molecule has 1 amide bonds. The van der Waals surface area contributed by atoms with Crippen molar-refractivity contribution in [3.63, 3.8) is 0 Å². The highest BCUT2D eigenvalue weighted by Gasteiger charge is 2.59. The quantitative estimate of drug-likeness (QED) is 0.0718. The molecule has 0 aromatic heterocycles. The van der Waals surface area contributed by atoms with Crippen LogP contribution in [0.5, 0.6) is 0 Å². The molecule has 32 nitrogen and oxygen atoms in total. The molecule has 22 heterocycles. The van der Waals surface area contributed by atoms with Gasteiger partial charge in [-0.05, 0) is 75.7 Å². The highest BCUT2D eigenvalue weighted by Crippen LogP contribution is 2.55. The maximum Gasteiger partial charge on any atom is 0.220 e. The molecule has 26 aliphatic rings. The van der Waals surface area contributed by atoms with Gasteiger partial charge in [-0.15, -0.1) is 0 Å². The van der Waals surface area contributed by atoms with E-state index >= 15 is 0 Å². The summed E-state index contributed by atoms with van der Waals surface area (Å²) in [5, 5.41) is 197. The Labute approximate surface area is 481 Å². The van der Waals surface area contributed by atoms with Gasteiger partial charge in [-0.3, -0.25) is 4.79 Å². The molecule has 26 rings (SSSR count). The summed E-state index contributed by atoms with van der Waals surface area (Å²) in [5.74, 6) is 1.65. The van der Waals surface area contributed by atoms with Crippen LogP contribution in [-0.4, -0.2) is 329 Å². The lowest BCUT2D eigenvalue weighted by Gasteiger charge is -2.57. The van der Waals surface area contributed by atoms with Crippen molar-refractivity contribution in [3.8, 4) is 0 Å². The lowest BCUT2D eigenvalue weighted by atomic mass is 9.53. The average Bonchev–Trinajstić information content (AvgIpc) is 1.77. The normalized spacial score (nSPS) is 52.5. The largest absolute Gasteiger partial charge is 0.394 e. The Bertz CT molecular complexity index is 2060. The van der Waals surface area contributed by atoms with E-state index in [4.69, 9.17) is 56.8 Å². The number of ether oxygens (including phenoxy) is 12. The molecular formula is C52H86N2O30. The Morgan fingerprint density at radius 3 is 0.917 bits per heavy atom. The van der Waals surface area contributed by atoms with E-state index in [-0.39, 0.29) is 12.0 Å². The van der Waals surface area contributed by atoms with Crippen molar-refractivity contribution in [1.82, 2.24) is 10.6 Å². The Kier molecular flexibility index (Phi) is 21.6. The van der Waals surface area contributed by atoms with Crippen molar-refractivity contribution in [2.45, 2.75) is 254 Å². The number of unbranched alkanes of at least 4 members (excludes halogenated alkanes) is 2. The smallest absolute Gasteiger partial charge is 0.220 e. The summed E-state index contributed by atoms with van der Waals surface area (Å²) in [6.07, 6.45) is -47.3. The molecule has 4 aliphatic carbocycles. The van der Waals surface area contributed by atoms with Crippen molar-refractivity contribution in [2.24, 2.45) is 17.8 Å². The summed E-state index contributed by atoms with van der Waals surface area (Å²) < 4.78 is 70.2. The monoisotopic (exact) mass is 1220 g/mol. The zero-order valence-corrected chi connectivity index (χ0v) is 46.0. The number of rotatable bonds is 14. The molecule has 26 fully saturated rings. The van der Waals surface area contributed by atoms with Crippen LogP contribution in [0, 0.1) is 17.8 Å². The van der Waals surface area contributed by atoms with E-state index in [9.17, 15) is 91.6 Å². The predicted molar refractivity (Wildman–Crippen MR) is 269 cm³/mol. The second-order valence-corrected chi connectivity index (χ2v) is 24.4. The number of nitrogens with one attached hydrogen (secondary N) is 2. The molecular weight excluding hydrogens is 1130 g/mol. The summed E-state index contributed by atoms with van der Waals surface area (Å²) in [6.45, 7) is -5.23. The first-order chi connectivity index (χ1) is 40.2. The van der Waals surface area contributed by atoms with E-state index in [0.717, 1.165) is 30.7 Å². The summed E-state index contributed by atoms with van der Waals surface area (Å²) >= 11 is 0. The van der Waals surface area contributed by atoms with Crippen LogP contribution in [-0.2, 0) is 61.6 Å².